The van der Waals surface area contributed by atoms with Gasteiger partial charge in [-0.2, -0.15) is 13.2 Å². The van der Waals surface area contributed by atoms with Crippen LogP contribution >= 0.6 is 0 Å². The van der Waals surface area contributed by atoms with Crippen LogP contribution in [0.25, 0.3) is 10.9 Å². The van der Waals surface area contributed by atoms with E-state index in [0.29, 0.717) is 5.52 Å². The minimum absolute atomic E-state index is 0.0786. The van der Waals surface area contributed by atoms with Gasteiger partial charge in [-0.25, -0.2) is 4.98 Å². The van der Waals surface area contributed by atoms with E-state index in [1.165, 1.54) is 18.5 Å². The summed E-state index contributed by atoms with van der Waals surface area (Å²) in [6.45, 7) is -0.539. The summed E-state index contributed by atoms with van der Waals surface area (Å²) in [7, 11) is 0. The SMILES string of the molecule is Nc1cc2c(=O)[nH]cnc2cc1OCCC(F)(F)F. The quantitative estimate of drug-likeness (QED) is 0.836. The van der Waals surface area contributed by atoms with E-state index in [2.05, 4.69) is 9.97 Å². The zero-order chi connectivity index (χ0) is 14.0. The minimum Gasteiger partial charge on any atom is -0.491 e. The van der Waals surface area contributed by atoms with Crippen molar-refractivity contribution >= 4 is 16.6 Å². The molecule has 0 aliphatic carbocycles. The standard InChI is InChI=1S/C11H10F3N3O2/c12-11(13,14)1-2-19-9-4-8-6(3-7(9)15)10(18)17-5-16-8/h3-5H,1-2,15H2,(H,16,17,18). The van der Waals surface area contributed by atoms with E-state index in [9.17, 15) is 18.0 Å². The fourth-order valence-corrected chi connectivity index (χ4v) is 1.51. The van der Waals surface area contributed by atoms with Gasteiger partial charge in [0.05, 0.1) is 35.9 Å². The number of nitrogens with zero attached hydrogens (tertiary/aromatic N) is 1. The molecule has 1 aromatic heterocycles. The number of benzene rings is 1. The third kappa shape index (κ3) is 3.15. The van der Waals surface area contributed by atoms with Crippen LogP contribution in [0, 0.1) is 0 Å². The molecule has 0 spiro atoms. The largest absolute Gasteiger partial charge is 0.491 e. The summed E-state index contributed by atoms with van der Waals surface area (Å²) in [5.74, 6) is 0.0786. The van der Waals surface area contributed by atoms with Crippen LogP contribution in [0.3, 0.4) is 0 Å². The molecule has 1 heterocycles. The Morgan fingerprint density at radius 2 is 2.11 bits per heavy atom. The molecule has 0 radical (unpaired) electrons. The number of nitrogens with one attached hydrogen (secondary N) is 1. The molecule has 8 heteroatoms. The maximum atomic E-state index is 12.0. The molecule has 2 aromatic rings. The lowest BCUT2D eigenvalue weighted by atomic mass is 10.2. The van der Waals surface area contributed by atoms with Gasteiger partial charge in [0, 0.05) is 6.07 Å². The first kappa shape index (κ1) is 13.2. The highest BCUT2D eigenvalue weighted by Crippen LogP contribution is 2.26. The second-order valence-electron chi connectivity index (χ2n) is 3.85. The lowest BCUT2D eigenvalue weighted by Crippen LogP contribution is -2.14. The Kier molecular flexibility index (Phi) is 3.32. The lowest BCUT2D eigenvalue weighted by Gasteiger charge is -2.11. The number of fused-ring (bicyclic) bond motifs is 1. The van der Waals surface area contributed by atoms with Crippen molar-refractivity contribution in [2.75, 3.05) is 12.3 Å². The van der Waals surface area contributed by atoms with Crippen LogP contribution < -0.4 is 16.0 Å². The van der Waals surface area contributed by atoms with E-state index in [1.807, 2.05) is 0 Å². The van der Waals surface area contributed by atoms with E-state index in [0.717, 1.165) is 0 Å². The van der Waals surface area contributed by atoms with Gasteiger partial charge < -0.3 is 15.5 Å². The molecule has 5 nitrogen and oxygen atoms in total. The maximum Gasteiger partial charge on any atom is 0.392 e. The molecule has 19 heavy (non-hydrogen) atoms. The van der Waals surface area contributed by atoms with Gasteiger partial charge in [0.2, 0.25) is 0 Å². The first-order valence-corrected chi connectivity index (χ1v) is 5.33. The van der Waals surface area contributed by atoms with E-state index >= 15 is 0 Å². The molecule has 0 unspecified atom stereocenters. The normalized spacial score (nSPS) is 11.7. The number of halogens is 3. The molecule has 0 amide bonds. The zero-order valence-corrected chi connectivity index (χ0v) is 9.62. The summed E-state index contributed by atoms with van der Waals surface area (Å²) >= 11 is 0. The Morgan fingerprint density at radius 1 is 1.37 bits per heavy atom. The van der Waals surface area contributed by atoms with Gasteiger partial charge in [-0.1, -0.05) is 0 Å². The number of rotatable bonds is 3. The number of nitrogen functional groups attached to an aromatic ring is 1. The number of ether oxygens (including phenoxy) is 1. The van der Waals surface area contributed by atoms with E-state index < -0.39 is 19.2 Å². The molecule has 0 aliphatic rings. The predicted molar refractivity (Wildman–Crippen MR) is 62.9 cm³/mol. The first-order chi connectivity index (χ1) is 8.87. The second kappa shape index (κ2) is 4.79. The summed E-state index contributed by atoms with van der Waals surface area (Å²) in [6.07, 6.45) is -4.17. The van der Waals surface area contributed by atoms with Gasteiger partial charge in [-0.15, -0.1) is 0 Å². The van der Waals surface area contributed by atoms with Crippen molar-refractivity contribution in [2.24, 2.45) is 0 Å². The van der Waals surface area contributed by atoms with Crippen molar-refractivity contribution in [2.45, 2.75) is 12.6 Å². The Hall–Kier alpha value is -2.25. The summed E-state index contributed by atoms with van der Waals surface area (Å²) < 4.78 is 41.0. The molecule has 0 aliphatic heterocycles. The molecule has 0 saturated heterocycles. The Balaban J connectivity index is 2.25. The van der Waals surface area contributed by atoms with Gasteiger partial charge in [0.25, 0.3) is 5.56 Å². The average molecular weight is 273 g/mol. The summed E-state index contributed by atoms with van der Waals surface area (Å²) in [5.41, 5.74) is 5.64. The molecule has 0 saturated carbocycles. The van der Waals surface area contributed by atoms with Crippen LogP contribution in [0.1, 0.15) is 6.42 Å². The van der Waals surface area contributed by atoms with Crippen LogP contribution in [-0.4, -0.2) is 22.8 Å². The zero-order valence-electron chi connectivity index (χ0n) is 9.62. The third-order valence-corrected chi connectivity index (χ3v) is 2.42. The minimum atomic E-state index is -4.29. The maximum absolute atomic E-state index is 12.0. The molecule has 1 aromatic carbocycles. The van der Waals surface area contributed by atoms with Crippen molar-refractivity contribution in [1.82, 2.24) is 9.97 Å². The Labute approximate surface area is 105 Å². The van der Waals surface area contributed by atoms with Gasteiger partial charge >= 0.3 is 6.18 Å². The highest BCUT2D eigenvalue weighted by atomic mass is 19.4. The highest BCUT2D eigenvalue weighted by Gasteiger charge is 2.27. The third-order valence-electron chi connectivity index (χ3n) is 2.42. The molecule has 3 N–H and O–H groups in total. The molecule has 102 valence electrons. The summed E-state index contributed by atoms with van der Waals surface area (Å²) in [6, 6.07) is 2.67. The van der Waals surface area contributed by atoms with Crippen LogP contribution in [0.5, 0.6) is 5.75 Å². The molecule has 0 bridgehead atoms. The fourth-order valence-electron chi connectivity index (χ4n) is 1.51. The van der Waals surface area contributed by atoms with Gasteiger partial charge in [-0.3, -0.25) is 4.79 Å². The summed E-state index contributed by atoms with van der Waals surface area (Å²) in [5, 5.41) is 0.253. The molecule has 0 atom stereocenters. The van der Waals surface area contributed by atoms with Crippen molar-refractivity contribution in [3.8, 4) is 5.75 Å². The van der Waals surface area contributed by atoms with Gasteiger partial charge in [0.1, 0.15) is 5.75 Å². The van der Waals surface area contributed by atoms with Crippen LogP contribution in [-0.2, 0) is 0 Å². The second-order valence-corrected chi connectivity index (χ2v) is 3.85. The molecule has 2 rings (SSSR count). The number of aromatic nitrogens is 2. The number of hydrogen-bond acceptors (Lipinski definition) is 4. The number of aromatic amines is 1. The fraction of sp³-hybridized carbons (Fsp3) is 0.273. The number of H-pyrrole nitrogens is 1. The van der Waals surface area contributed by atoms with E-state index in [4.69, 9.17) is 10.5 Å². The molecular formula is C11H10F3N3O2. The predicted octanol–water partition coefficient (Wildman–Crippen LogP) is 1.84. The van der Waals surface area contributed by atoms with Crippen molar-refractivity contribution in [3.05, 3.63) is 28.8 Å². The number of hydrogen-bond donors (Lipinski definition) is 2. The monoisotopic (exact) mass is 273 g/mol. The summed E-state index contributed by atoms with van der Waals surface area (Å²) in [4.78, 5) is 17.7. The number of alkyl halides is 3. The van der Waals surface area contributed by atoms with Crippen LogP contribution in [0.15, 0.2) is 23.3 Å². The number of nitrogens with two attached hydrogens (primary N) is 1. The van der Waals surface area contributed by atoms with Crippen molar-refractivity contribution in [1.29, 1.82) is 0 Å². The van der Waals surface area contributed by atoms with E-state index in [1.54, 1.807) is 0 Å². The topological polar surface area (TPSA) is 81.0 Å². The Morgan fingerprint density at radius 3 is 2.79 bits per heavy atom. The van der Waals surface area contributed by atoms with Gasteiger partial charge in [0.15, 0.2) is 0 Å². The van der Waals surface area contributed by atoms with Crippen LogP contribution in [0.4, 0.5) is 18.9 Å². The van der Waals surface area contributed by atoms with Crippen LogP contribution in [0.2, 0.25) is 0 Å². The Bertz CT molecular complexity index is 652. The van der Waals surface area contributed by atoms with Gasteiger partial charge in [-0.05, 0) is 6.07 Å². The van der Waals surface area contributed by atoms with Crippen molar-refractivity contribution < 1.29 is 17.9 Å². The molecular weight excluding hydrogens is 263 g/mol. The van der Waals surface area contributed by atoms with E-state index in [-0.39, 0.29) is 22.4 Å². The van der Waals surface area contributed by atoms with Crippen molar-refractivity contribution in [3.63, 3.8) is 0 Å². The first-order valence-electron chi connectivity index (χ1n) is 5.33. The average Bonchev–Trinajstić information content (AvgIpc) is 2.30. The molecule has 0 fully saturated rings. The number of anilines is 1. The highest BCUT2D eigenvalue weighted by molar-refractivity contribution is 5.84. The lowest BCUT2D eigenvalue weighted by molar-refractivity contribution is -0.139. The smallest absolute Gasteiger partial charge is 0.392 e.